The Hall–Kier alpha value is -0.562. The summed E-state index contributed by atoms with van der Waals surface area (Å²) in [6, 6.07) is 24.7. The molecule has 2 aromatic carbocycles. The van der Waals surface area contributed by atoms with Gasteiger partial charge < -0.3 is 0 Å². The third kappa shape index (κ3) is 6.01. The van der Waals surface area contributed by atoms with Crippen LogP contribution in [0.15, 0.2) is 72.1 Å². The number of hydrogen-bond acceptors (Lipinski definition) is 0. The van der Waals surface area contributed by atoms with Crippen molar-refractivity contribution in [3.8, 4) is 0 Å². The molecule has 0 aromatic heterocycles. The van der Waals surface area contributed by atoms with Gasteiger partial charge in [0.25, 0.3) is 0 Å². The van der Waals surface area contributed by atoms with Crippen molar-refractivity contribution in [3.05, 3.63) is 83.2 Å². The minimum absolute atomic E-state index is 0.184. The van der Waals surface area contributed by atoms with E-state index in [9.17, 15) is 0 Å². The van der Waals surface area contributed by atoms with Gasteiger partial charge in [0.15, 0.2) is 0 Å². The molecule has 59 heavy (non-hydrogen) atoms. The highest BCUT2D eigenvalue weighted by molar-refractivity contribution is 8.23. The molecular formula is C52H96Si7. The van der Waals surface area contributed by atoms with Crippen molar-refractivity contribution < 1.29 is 0 Å². The number of rotatable bonds is 6. The van der Waals surface area contributed by atoms with E-state index < -0.39 is 50.7 Å². The van der Waals surface area contributed by atoms with Crippen LogP contribution in [0.2, 0.25) is 66.5 Å². The van der Waals surface area contributed by atoms with Crippen LogP contribution in [0.3, 0.4) is 0 Å². The monoisotopic (exact) mass is 917 g/mol. The Morgan fingerprint density at radius 2 is 0.559 bits per heavy atom. The van der Waals surface area contributed by atoms with Gasteiger partial charge in [-0.25, -0.2) is 0 Å². The first-order chi connectivity index (χ1) is 25.9. The summed E-state index contributed by atoms with van der Waals surface area (Å²) < 4.78 is 0. The van der Waals surface area contributed by atoms with Gasteiger partial charge in [0.2, 0.25) is 0 Å². The zero-order valence-corrected chi connectivity index (χ0v) is 51.4. The number of hydrogen-bond donors (Lipinski definition) is 0. The fourth-order valence-electron chi connectivity index (χ4n) is 16.2. The summed E-state index contributed by atoms with van der Waals surface area (Å²) in [5.74, 6) is 0. The van der Waals surface area contributed by atoms with E-state index in [-0.39, 0.29) is 40.3 Å². The Morgan fingerprint density at radius 1 is 0.305 bits per heavy atom. The Morgan fingerprint density at radius 3 is 0.814 bits per heavy atom. The molecule has 0 radical (unpaired) electrons. The van der Waals surface area contributed by atoms with E-state index in [1.807, 2.05) is 10.4 Å². The lowest BCUT2D eigenvalue weighted by Crippen LogP contribution is -3.07. The lowest BCUT2D eigenvalue weighted by atomic mass is 10.2. The van der Waals surface area contributed by atoms with E-state index in [1.165, 1.54) is 0 Å². The molecule has 0 spiro atoms. The molecule has 0 saturated carbocycles. The molecule has 2 heterocycles. The maximum atomic E-state index is 3.53. The summed E-state index contributed by atoms with van der Waals surface area (Å²) in [5, 5.41) is 5.48. The van der Waals surface area contributed by atoms with E-state index in [0.717, 1.165) is 0 Å². The van der Waals surface area contributed by atoms with Gasteiger partial charge in [-0.2, -0.15) is 0 Å². The maximum Gasteiger partial charge on any atom is 0.0969 e. The summed E-state index contributed by atoms with van der Waals surface area (Å²) >= 11 is 0. The fourth-order valence-corrected chi connectivity index (χ4v) is 301. The maximum absolute atomic E-state index is 3.53. The molecule has 0 amide bonds. The SMILES string of the molecule is CC(C)(C)[Si](C)(C(C)(C)C)[Si]1([Si](C)(C(C)(C)C)C(C)(C)C)C=C(c2ccccc2)[Si@@]2([Si](C)(C(C)(C)C)C(C)(C)C)C=C(c3ccccc3)[Si@@]12[Si](C)(C(C)(C)C)C(C)(C)C. The molecule has 0 fully saturated rings. The fraction of sp³-hybridized carbons (Fsp3) is 0.692. The van der Waals surface area contributed by atoms with Crippen LogP contribution in [0.1, 0.15) is 177 Å². The van der Waals surface area contributed by atoms with Crippen molar-refractivity contribution in [3.63, 3.8) is 0 Å². The van der Waals surface area contributed by atoms with Gasteiger partial charge >= 0.3 is 0 Å². The van der Waals surface area contributed by atoms with Crippen molar-refractivity contribution in [2.24, 2.45) is 0 Å². The molecule has 0 bridgehead atoms. The van der Waals surface area contributed by atoms with Crippen molar-refractivity contribution in [2.75, 3.05) is 0 Å². The second-order valence-electron chi connectivity index (χ2n) is 28.7. The summed E-state index contributed by atoms with van der Waals surface area (Å²) in [6.45, 7) is 73.8. The molecule has 0 N–H and O–H groups in total. The summed E-state index contributed by atoms with van der Waals surface area (Å²) in [4.78, 5) is 0. The second kappa shape index (κ2) is 14.2. The molecule has 4 rings (SSSR count). The van der Waals surface area contributed by atoms with Gasteiger partial charge in [-0.3, -0.25) is 0 Å². The molecule has 2 aliphatic heterocycles. The zero-order chi connectivity index (χ0) is 46.3. The highest BCUT2D eigenvalue weighted by Crippen LogP contribution is 2.81. The Bertz CT molecular complexity index is 1840. The molecule has 0 nitrogen and oxygen atoms in total. The summed E-state index contributed by atoms with van der Waals surface area (Å²) in [7, 11) is -12.5. The van der Waals surface area contributed by atoms with Gasteiger partial charge in [-0.05, 0) is 51.4 Å². The lowest BCUT2D eigenvalue weighted by Gasteiger charge is -2.84. The first kappa shape index (κ1) is 51.1. The van der Waals surface area contributed by atoms with E-state index in [0.29, 0.717) is 0 Å². The molecule has 0 unspecified atom stereocenters. The van der Waals surface area contributed by atoms with E-state index in [1.54, 1.807) is 11.1 Å². The van der Waals surface area contributed by atoms with Crippen LogP contribution in [-0.4, -0.2) is 50.7 Å². The van der Waals surface area contributed by atoms with Crippen molar-refractivity contribution in [1.82, 2.24) is 0 Å². The quantitative estimate of drug-likeness (QED) is 0.253. The molecular weight excluding hydrogens is 821 g/mol. The van der Waals surface area contributed by atoms with Crippen molar-refractivity contribution in [2.45, 2.75) is 233 Å². The van der Waals surface area contributed by atoms with Gasteiger partial charge in [-0.1, -0.05) is 269 Å². The molecule has 2 atom stereocenters. The molecule has 2 aromatic rings. The minimum Gasteiger partial charge on any atom is -0.102 e. The van der Waals surface area contributed by atoms with Crippen molar-refractivity contribution in [1.29, 1.82) is 0 Å². The summed E-state index contributed by atoms with van der Waals surface area (Å²) in [6.07, 6.45) is 0. The van der Waals surface area contributed by atoms with E-state index >= 15 is 0 Å². The topological polar surface area (TPSA) is 0 Å². The molecule has 0 aliphatic carbocycles. The van der Waals surface area contributed by atoms with Crippen LogP contribution in [0.5, 0.6) is 0 Å². The van der Waals surface area contributed by atoms with Crippen molar-refractivity contribution >= 4 is 61.1 Å². The van der Waals surface area contributed by atoms with Crippen LogP contribution >= 0.6 is 0 Å². The Balaban J connectivity index is 2.90. The van der Waals surface area contributed by atoms with Gasteiger partial charge in [0, 0.05) is 0 Å². The predicted molar refractivity (Wildman–Crippen MR) is 290 cm³/mol. The Labute approximate surface area is 374 Å². The van der Waals surface area contributed by atoms with Crippen LogP contribution in [-0.2, 0) is 0 Å². The smallest absolute Gasteiger partial charge is 0.0969 e. The highest BCUT2D eigenvalue weighted by atomic mass is 30.2. The van der Waals surface area contributed by atoms with Crippen LogP contribution in [0, 0.1) is 0 Å². The van der Waals surface area contributed by atoms with Gasteiger partial charge in [0.05, 0.1) is 50.7 Å². The summed E-state index contributed by atoms with van der Waals surface area (Å²) in [5.41, 5.74) is 10.1. The largest absolute Gasteiger partial charge is 0.102 e. The Kier molecular flexibility index (Phi) is 12.3. The third-order valence-corrected chi connectivity index (χ3v) is 176. The van der Waals surface area contributed by atoms with Gasteiger partial charge in [0.1, 0.15) is 0 Å². The standard InChI is InChI=1S/C52H96Si7/c1-45(2,3)53(25,46(4,5)6)57-39-44(42-37-33-30-34-38-42)59(57,56(28,51(19,20)21)52(22,23)24)58(40-43(57)41-35-31-29-32-36-41,54(26,47(7,8)9)48(10,11)12)55(27,49(13,14)15)50(16,17)18/h29-40H,1-28H3/t57-,59+/m1/s1. The second-order valence-corrected chi connectivity index (χ2v) is 97.2. The van der Waals surface area contributed by atoms with Gasteiger partial charge in [-0.15, -0.1) is 5.70 Å². The first-order valence-electron chi connectivity index (χ1n) is 23.5. The zero-order valence-electron chi connectivity index (χ0n) is 44.4. The predicted octanol–water partition coefficient (Wildman–Crippen LogP) is 17.9. The normalized spacial score (nSPS) is 23.1. The molecule has 332 valence electrons. The average Bonchev–Trinajstić information content (AvgIpc) is 3.23. The van der Waals surface area contributed by atoms with Crippen LogP contribution in [0.4, 0.5) is 0 Å². The van der Waals surface area contributed by atoms with E-state index in [2.05, 4.69) is 264 Å². The van der Waals surface area contributed by atoms with Crippen LogP contribution in [0.25, 0.3) is 10.4 Å². The van der Waals surface area contributed by atoms with Crippen LogP contribution < -0.4 is 0 Å². The number of fused-ring (bicyclic) bond motifs is 1. The minimum atomic E-state index is -2.77. The lowest BCUT2D eigenvalue weighted by molar-refractivity contribution is 0.623. The highest BCUT2D eigenvalue weighted by Gasteiger charge is 2.96. The molecule has 2 aliphatic rings. The molecule has 0 saturated heterocycles. The van der Waals surface area contributed by atoms with E-state index in [4.69, 9.17) is 0 Å². The number of benzene rings is 2. The average molecular weight is 918 g/mol. The molecule has 7 heteroatoms. The third-order valence-electron chi connectivity index (χ3n) is 20.0. The first-order valence-corrected chi connectivity index (χ1v) is 45.6.